The molecule has 1 aliphatic carbocycles. The Hall–Kier alpha value is -3.39. The highest BCUT2D eigenvalue weighted by atomic mass is 16.6. The minimum atomic E-state index is -1.05. The lowest BCUT2D eigenvalue weighted by molar-refractivity contribution is -0.131. The van der Waals surface area contributed by atoms with Crippen LogP contribution in [-0.4, -0.2) is 33.9 Å². The van der Waals surface area contributed by atoms with Gasteiger partial charge in [-0.2, -0.15) is 0 Å². The summed E-state index contributed by atoms with van der Waals surface area (Å²) >= 11 is 0. The van der Waals surface area contributed by atoms with E-state index >= 15 is 0 Å². The van der Waals surface area contributed by atoms with Crippen LogP contribution in [0.5, 0.6) is 5.75 Å². The molecule has 1 fully saturated rings. The molecule has 2 N–H and O–H groups in total. The Morgan fingerprint density at radius 2 is 1.85 bits per heavy atom. The number of anilines is 1. The summed E-state index contributed by atoms with van der Waals surface area (Å²) in [6.07, 6.45) is 7.03. The first-order valence-corrected chi connectivity index (χ1v) is 11.4. The van der Waals surface area contributed by atoms with Gasteiger partial charge in [0.1, 0.15) is 11.4 Å². The lowest BCUT2D eigenvalue weighted by atomic mass is 9.82. The molecule has 0 saturated heterocycles. The summed E-state index contributed by atoms with van der Waals surface area (Å²) < 4.78 is 17.0. The highest BCUT2D eigenvalue weighted by Crippen LogP contribution is 2.38. The predicted octanol–water partition coefficient (Wildman–Crippen LogP) is 5.65. The van der Waals surface area contributed by atoms with Gasteiger partial charge in [0.2, 0.25) is 0 Å². The van der Waals surface area contributed by atoms with E-state index in [0.29, 0.717) is 29.7 Å². The normalized spacial score (nSPS) is 18.4. The largest absolute Gasteiger partial charge is 0.478 e. The molecule has 1 aromatic carbocycles. The van der Waals surface area contributed by atoms with Gasteiger partial charge in [-0.1, -0.05) is 18.2 Å². The van der Waals surface area contributed by atoms with E-state index in [4.69, 9.17) is 19.3 Å². The maximum Gasteiger partial charge on any atom is 0.412 e. The predicted molar refractivity (Wildman–Crippen MR) is 128 cm³/mol. The molecule has 1 aliphatic rings. The van der Waals surface area contributed by atoms with E-state index in [1.807, 2.05) is 45.0 Å². The van der Waals surface area contributed by atoms with Gasteiger partial charge in [-0.3, -0.25) is 10.3 Å². The first-order chi connectivity index (χ1) is 16.2. The number of carboxylic acids is 1. The molecular weight excluding hydrogens is 436 g/mol. The van der Waals surface area contributed by atoms with Gasteiger partial charge in [0, 0.05) is 6.20 Å². The summed E-state index contributed by atoms with van der Waals surface area (Å²) in [5, 5.41) is 11.5. The van der Waals surface area contributed by atoms with Gasteiger partial charge in [-0.15, -0.1) is 0 Å². The highest BCUT2D eigenvalue weighted by molar-refractivity contribution is 5.85. The van der Waals surface area contributed by atoms with Crippen LogP contribution in [-0.2, 0) is 20.9 Å². The van der Waals surface area contributed by atoms with Crippen LogP contribution in [0.3, 0.4) is 0 Å². The van der Waals surface area contributed by atoms with E-state index in [2.05, 4.69) is 10.3 Å². The zero-order valence-corrected chi connectivity index (χ0v) is 19.8. The number of aromatic nitrogens is 1. The SMILES string of the molecule is CC(C)(C)OC(=O)Nc1cccnc1CO[C@H]1CC[C@@H](c2ccccc2O/C=C/C(=O)O)CC1. The maximum absolute atomic E-state index is 12.1. The van der Waals surface area contributed by atoms with Crippen molar-refractivity contribution < 1.29 is 28.9 Å². The van der Waals surface area contributed by atoms with Crippen molar-refractivity contribution in [1.82, 2.24) is 4.98 Å². The molecule has 182 valence electrons. The van der Waals surface area contributed by atoms with Gasteiger partial charge in [0.25, 0.3) is 0 Å². The Labute approximate surface area is 199 Å². The monoisotopic (exact) mass is 468 g/mol. The summed E-state index contributed by atoms with van der Waals surface area (Å²) in [5.74, 6) is -0.0586. The fraction of sp³-hybridized carbons (Fsp3) is 0.423. The first kappa shape index (κ1) is 25.2. The van der Waals surface area contributed by atoms with E-state index < -0.39 is 17.7 Å². The first-order valence-electron chi connectivity index (χ1n) is 11.4. The molecule has 0 spiro atoms. The molecule has 2 aromatic rings. The summed E-state index contributed by atoms with van der Waals surface area (Å²) in [6.45, 7) is 5.73. The summed E-state index contributed by atoms with van der Waals surface area (Å²) in [7, 11) is 0. The number of hydrogen-bond donors (Lipinski definition) is 2. The van der Waals surface area contributed by atoms with Crippen molar-refractivity contribution in [3.63, 3.8) is 0 Å². The lowest BCUT2D eigenvalue weighted by Gasteiger charge is -2.29. The molecule has 1 aromatic heterocycles. The van der Waals surface area contributed by atoms with Crippen LogP contribution in [0.25, 0.3) is 0 Å². The van der Waals surface area contributed by atoms with Crippen LogP contribution in [0.1, 0.15) is 63.6 Å². The van der Waals surface area contributed by atoms with Gasteiger partial charge < -0.3 is 19.3 Å². The van der Waals surface area contributed by atoms with Crippen molar-refractivity contribution in [3.05, 3.63) is 66.2 Å². The van der Waals surface area contributed by atoms with Crippen molar-refractivity contribution in [2.24, 2.45) is 0 Å². The number of rotatable bonds is 8. The fourth-order valence-electron chi connectivity index (χ4n) is 3.91. The van der Waals surface area contributed by atoms with E-state index in [1.54, 1.807) is 18.3 Å². The minimum Gasteiger partial charge on any atom is -0.478 e. The minimum absolute atomic E-state index is 0.0904. The van der Waals surface area contributed by atoms with Crippen molar-refractivity contribution in [2.45, 2.75) is 70.7 Å². The second-order valence-corrected chi connectivity index (χ2v) is 9.21. The molecule has 8 nitrogen and oxygen atoms in total. The standard InChI is InChI=1S/C26H32N2O6/c1-26(2,3)34-25(31)28-21-8-6-15-27-22(21)17-33-19-12-10-18(11-13-19)20-7-4-5-9-23(20)32-16-14-24(29)30/h4-9,14-16,18-19H,10-13,17H2,1-3H3,(H,28,31)(H,29,30)/b16-14+/t18-,19+. The van der Waals surface area contributed by atoms with Gasteiger partial charge in [0.15, 0.2) is 0 Å². The fourth-order valence-corrected chi connectivity index (χ4v) is 3.91. The maximum atomic E-state index is 12.1. The van der Waals surface area contributed by atoms with E-state index in [9.17, 15) is 9.59 Å². The number of ether oxygens (including phenoxy) is 3. The zero-order valence-electron chi connectivity index (χ0n) is 19.8. The van der Waals surface area contributed by atoms with Crippen LogP contribution in [0.2, 0.25) is 0 Å². The third kappa shape index (κ3) is 7.88. The van der Waals surface area contributed by atoms with Crippen molar-refractivity contribution in [1.29, 1.82) is 0 Å². The molecule has 0 unspecified atom stereocenters. The number of hydrogen-bond acceptors (Lipinski definition) is 6. The Bertz CT molecular complexity index is 1010. The number of amides is 1. The van der Waals surface area contributed by atoms with Crippen LogP contribution in [0.4, 0.5) is 10.5 Å². The third-order valence-corrected chi connectivity index (χ3v) is 5.42. The van der Waals surface area contributed by atoms with Crippen molar-refractivity contribution >= 4 is 17.7 Å². The second-order valence-electron chi connectivity index (χ2n) is 9.21. The van der Waals surface area contributed by atoms with Crippen molar-refractivity contribution in [3.8, 4) is 5.75 Å². The van der Waals surface area contributed by atoms with Crippen LogP contribution in [0.15, 0.2) is 54.9 Å². The summed E-state index contributed by atoms with van der Waals surface area (Å²) in [5.41, 5.74) is 1.72. The Kier molecular flexibility index (Phi) is 8.65. The topological polar surface area (TPSA) is 107 Å². The highest BCUT2D eigenvalue weighted by Gasteiger charge is 2.25. The number of carbonyl (C=O) groups excluding carboxylic acids is 1. The summed E-state index contributed by atoms with van der Waals surface area (Å²) in [6, 6.07) is 11.3. The molecule has 0 radical (unpaired) electrons. The second kappa shape index (κ2) is 11.7. The molecule has 1 amide bonds. The van der Waals surface area contributed by atoms with E-state index in [1.165, 1.54) is 6.26 Å². The smallest absolute Gasteiger partial charge is 0.412 e. The molecule has 1 saturated carbocycles. The van der Waals surface area contributed by atoms with Gasteiger partial charge in [-0.25, -0.2) is 9.59 Å². The number of benzene rings is 1. The zero-order chi connectivity index (χ0) is 24.6. The van der Waals surface area contributed by atoms with Crippen molar-refractivity contribution in [2.75, 3.05) is 5.32 Å². The molecule has 0 aliphatic heterocycles. The number of para-hydroxylation sites is 1. The van der Waals surface area contributed by atoms with E-state index in [0.717, 1.165) is 37.3 Å². The quantitative estimate of drug-likeness (QED) is 0.381. The van der Waals surface area contributed by atoms with Crippen LogP contribution in [0, 0.1) is 0 Å². The third-order valence-electron chi connectivity index (χ3n) is 5.42. The Morgan fingerprint density at radius 3 is 2.56 bits per heavy atom. The number of aliphatic carboxylic acids is 1. The Morgan fingerprint density at radius 1 is 1.12 bits per heavy atom. The number of pyridine rings is 1. The van der Waals surface area contributed by atoms with Crippen LogP contribution < -0.4 is 10.1 Å². The lowest BCUT2D eigenvalue weighted by Crippen LogP contribution is -2.27. The number of carboxylic acid groups (broad SMARTS) is 1. The van der Waals surface area contributed by atoms with Crippen LogP contribution >= 0.6 is 0 Å². The molecule has 1 heterocycles. The molecule has 0 bridgehead atoms. The van der Waals surface area contributed by atoms with Gasteiger partial charge in [0.05, 0.1) is 36.4 Å². The molecular formula is C26H32N2O6. The average molecular weight is 469 g/mol. The number of nitrogens with zero attached hydrogens (tertiary/aromatic N) is 1. The Balaban J connectivity index is 1.53. The van der Waals surface area contributed by atoms with E-state index in [-0.39, 0.29) is 6.10 Å². The summed E-state index contributed by atoms with van der Waals surface area (Å²) in [4.78, 5) is 27.2. The van der Waals surface area contributed by atoms with Gasteiger partial charge >= 0.3 is 12.1 Å². The molecule has 34 heavy (non-hydrogen) atoms. The molecule has 8 heteroatoms. The number of carbonyl (C=O) groups is 2. The van der Waals surface area contributed by atoms with Gasteiger partial charge in [-0.05, 0) is 76.1 Å². The molecule has 0 atom stereocenters. The number of nitrogens with one attached hydrogen (secondary N) is 1. The molecule has 3 rings (SSSR count). The average Bonchev–Trinajstić information content (AvgIpc) is 2.78.